The van der Waals surface area contributed by atoms with Gasteiger partial charge in [-0.15, -0.1) is 0 Å². The van der Waals surface area contributed by atoms with E-state index in [1.54, 1.807) is 0 Å². The number of carbonyl (C=O) groups excluding carboxylic acids is 4. The molecule has 3 aliphatic heterocycles. The van der Waals surface area contributed by atoms with Crippen LogP contribution in [0.5, 0.6) is 0 Å². The highest BCUT2D eigenvalue weighted by atomic mass is 16.6. The van der Waals surface area contributed by atoms with Crippen molar-refractivity contribution in [3.63, 3.8) is 0 Å². The van der Waals surface area contributed by atoms with Gasteiger partial charge in [-0.25, -0.2) is 9.59 Å². The van der Waals surface area contributed by atoms with Crippen LogP contribution in [0.15, 0.2) is 0 Å². The van der Waals surface area contributed by atoms with Gasteiger partial charge >= 0.3 is 24.1 Å². The quantitative estimate of drug-likeness (QED) is 0.328. The Morgan fingerprint density at radius 2 is 1.16 bits per heavy atom. The Kier molecular flexibility index (Phi) is 19.9. The Labute approximate surface area is 268 Å². The van der Waals surface area contributed by atoms with E-state index in [1.165, 1.54) is 23.6 Å². The normalized spacial score (nSPS) is 22.6. The predicted molar refractivity (Wildman–Crippen MR) is 165 cm³/mol. The van der Waals surface area contributed by atoms with Crippen molar-refractivity contribution in [3.8, 4) is 0 Å². The van der Waals surface area contributed by atoms with Gasteiger partial charge in [-0.3, -0.25) is 9.59 Å². The van der Waals surface area contributed by atoms with Gasteiger partial charge in [0.25, 0.3) is 0 Å². The maximum Gasteiger partial charge on any atom is 0.410 e. The number of hydrogen-bond acceptors (Lipinski definition) is 13. The van der Waals surface area contributed by atoms with Crippen LogP contribution in [0.2, 0.25) is 0 Å². The Morgan fingerprint density at radius 3 is 1.67 bits per heavy atom. The lowest BCUT2D eigenvalue weighted by molar-refractivity contribution is -0.149. The van der Waals surface area contributed by atoms with E-state index in [4.69, 9.17) is 33.2 Å². The summed E-state index contributed by atoms with van der Waals surface area (Å²) in [6, 6.07) is 0. The van der Waals surface area contributed by atoms with Crippen LogP contribution in [0.4, 0.5) is 9.59 Å². The summed E-state index contributed by atoms with van der Waals surface area (Å²) in [4.78, 5) is 48.0. The fraction of sp³-hybridized carbons (Fsp3) is 0.867. The first-order valence-electron chi connectivity index (χ1n) is 14.9. The number of nitrogens with one attached hydrogen (secondary N) is 1. The molecule has 3 unspecified atom stereocenters. The minimum Gasteiger partial charge on any atom is -0.459 e. The van der Waals surface area contributed by atoms with Gasteiger partial charge in [-0.2, -0.15) is 0 Å². The topological polar surface area (TPSA) is 172 Å². The van der Waals surface area contributed by atoms with E-state index in [0.29, 0.717) is 59.2 Å². The van der Waals surface area contributed by atoms with Crippen molar-refractivity contribution in [2.24, 2.45) is 0 Å². The molecule has 3 atom stereocenters. The molecule has 3 heterocycles. The van der Waals surface area contributed by atoms with Gasteiger partial charge in [0.15, 0.2) is 0 Å². The number of carbonyl (C=O) groups is 4. The fourth-order valence-corrected chi connectivity index (χ4v) is 3.85. The Bertz CT molecular complexity index is 882. The molecule has 0 aromatic rings. The average Bonchev–Trinajstić information content (AvgIpc) is 3.35. The number of hydrogen-bond donors (Lipinski definition) is 2. The number of aliphatic hydroxyl groups is 1. The van der Waals surface area contributed by atoms with Crippen molar-refractivity contribution in [2.75, 3.05) is 78.9 Å². The maximum absolute atomic E-state index is 11.9. The Hall–Kier alpha value is -2.72. The number of ether oxygens (including phenoxy) is 7. The minimum atomic E-state index is -0.625. The largest absolute Gasteiger partial charge is 0.459 e. The van der Waals surface area contributed by atoms with Crippen LogP contribution < -0.4 is 5.32 Å². The molecule has 15 heteroatoms. The number of nitrogens with zero attached hydrogens (tertiary/aromatic N) is 2. The average molecular weight is 652 g/mol. The van der Waals surface area contributed by atoms with Gasteiger partial charge in [0, 0.05) is 40.0 Å². The fourth-order valence-electron chi connectivity index (χ4n) is 3.85. The zero-order valence-corrected chi connectivity index (χ0v) is 27.5. The summed E-state index contributed by atoms with van der Waals surface area (Å²) in [7, 11) is 0. The first-order chi connectivity index (χ1) is 20.4. The molecule has 0 aliphatic carbocycles. The monoisotopic (exact) mass is 651 g/mol. The van der Waals surface area contributed by atoms with Gasteiger partial charge in [0.05, 0.1) is 58.8 Å². The summed E-state index contributed by atoms with van der Waals surface area (Å²) in [5, 5.41) is 12.5. The minimum absolute atomic E-state index is 0. The molecule has 2 amide bonds. The molecular weight excluding hydrogens is 594 g/mol. The second kappa shape index (κ2) is 21.1. The number of β-amino-alcohol motifs (C(OH)–C–C–N with tert-alkyl or cyclic N) is 1. The number of amides is 2. The van der Waals surface area contributed by atoms with Crippen LogP contribution in [0.25, 0.3) is 0 Å². The molecule has 3 rings (SSSR count). The lowest BCUT2D eigenvalue weighted by atomic mass is 10.2. The first-order valence-corrected chi connectivity index (χ1v) is 14.9. The van der Waals surface area contributed by atoms with Crippen molar-refractivity contribution < 1.29 is 57.4 Å². The molecule has 0 spiro atoms. The van der Waals surface area contributed by atoms with Crippen LogP contribution in [-0.2, 0) is 42.7 Å². The SMILES string of the molecule is C.CC(=O)OC1CNCCOC1.CC(=O)OC1COCCN(C(=O)OC(C)(C)C)C1.CC(C)(C)OC(=O)N1CCOCC(O)C1. The summed E-state index contributed by atoms with van der Waals surface area (Å²) >= 11 is 0. The van der Waals surface area contributed by atoms with Crippen molar-refractivity contribution >= 4 is 24.1 Å². The van der Waals surface area contributed by atoms with Crippen LogP contribution in [0, 0.1) is 0 Å². The van der Waals surface area contributed by atoms with Gasteiger partial charge in [-0.1, -0.05) is 7.43 Å². The van der Waals surface area contributed by atoms with Crippen LogP contribution in [0.3, 0.4) is 0 Å². The van der Waals surface area contributed by atoms with Gasteiger partial charge in [-0.05, 0) is 41.5 Å². The highest BCUT2D eigenvalue weighted by Crippen LogP contribution is 2.13. The van der Waals surface area contributed by atoms with Crippen LogP contribution in [0.1, 0.15) is 62.8 Å². The molecule has 0 radical (unpaired) electrons. The highest BCUT2D eigenvalue weighted by molar-refractivity contribution is 5.69. The summed E-state index contributed by atoms with van der Waals surface area (Å²) < 4.78 is 36.1. The van der Waals surface area contributed by atoms with Crippen molar-refractivity contribution in [3.05, 3.63) is 0 Å². The smallest absolute Gasteiger partial charge is 0.410 e. The Morgan fingerprint density at radius 1 is 0.711 bits per heavy atom. The van der Waals surface area contributed by atoms with Gasteiger partial charge in [0.2, 0.25) is 0 Å². The standard InChI is InChI=1S/C12H21NO5.C10H19NO4.C7H13NO3.CH4/c1-9(14)17-10-7-13(5-6-16-8-10)11(15)18-12(2,3)4;1-10(2,3)15-9(13)11-4-5-14-7-8(12)6-11;1-6(9)11-7-4-8-2-3-10-5-7;/h10H,5-8H2,1-4H3;8,12H,4-7H2,1-3H3;7-8H,2-5H2,1H3;1H4. The molecule has 3 aliphatic rings. The van der Waals surface area contributed by atoms with Crippen LogP contribution in [-0.4, -0.2) is 147 Å². The maximum atomic E-state index is 11.9. The number of rotatable bonds is 2. The molecule has 264 valence electrons. The zero-order chi connectivity index (χ0) is 33.3. The molecule has 3 fully saturated rings. The van der Waals surface area contributed by atoms with Crippen LogP contribution >= 0.6 is 0 Å². The van der Waals surface area contributed by atoms with E-state index in [0.717, 1.165) is 6.54 Å². The first kappa shape index (κ1) is 42.3. The third-order valence-corrected chi connectivity index (χ3v) is 5.55. The van der Waals surface area contributed by atoms with Crippen molar-refractivity contribution in [1.82, 2.24) is 15.1 Å². The molecule has 0 bridgehead atoms. The van der Waals surface area contributed by atoms with E-state index in [2.05, 4.69) is 5.32 Å². The van der Waals surface area contributed by atoms with E-state index >= 15 is 0 Å². The molecule has 3 saturated heterocycles. The summed E-state index contributed by atoms with van der Waals surface area (Å²) in [6.45, 7) is 19.2. The van der Waals surface area contributed by atoms with Gasteiger partial charge in [0.1, 0.15) is 23.4 Å². The summed E-state index contributed by atoms with van der Waals surface area (Å²) in [5.74, 6) is -0.628. The van der Waals surface area contributed by atoms with E-state index in [1.807, 2.05) is 41.5 Å². The number of esters is 2. The molecule has 0 aromatic carbocycles. The van der Waals surface area contributed by atoms with Gasteiger partial charge < -0.3 is 53.4 Å². The molecule has 2 N–H and O–H groups in total. The summed E-state index contributed by atoms with van der Waals surface area (Å²) in [6.07, 6.45) is -1.98. The highest BCUT2D eigenvalue weighted by Gasteiger charge is 2.28. The third kappa shape index (κ3) is 21.6. The zero-order valence-electron chi connectivity index (χ0n) is 27.5. The third-order valence-electron chi connectivity index (χ3n) is 5.55. The van der Waals surface area contributed by atoms with Crippen molar-refractivity contribution in [1.29, 1.82) is 0 Å². The molecule has 0 aromatic heterocycles. The predicted octanol–water partition coefficient (Wildman–Crippen LogP) is 1.97. The Balaban J connectivity index is 0.000000656. The second-order valence-corrected chi connectivity index (χ2v) is 12.4. The lowest BCUT2D eigenvalue weighted by Gasteiger charge is -2.27. The van der Waals surface area contributed by atoms with E-state index in [9.17, 15) is 24.3 Å². The molecular formula is C30H57N3O12. The summed E-state index contributed by atoms with van der Waals surface area (Å²) in [5.41, 5.74) is -1.05. The van der Waals surface area contributed by atoms with E-state index in [-0.39, 0.29) is 38.6 Å². The van der Waals surface area contributed by atoms with E-state index < -0.39 is 35.6 Å². The molecule has 15 nitrogen and oxygen atoms in total. The molecule has 45 heavy (non-hydrogen) atoms. The number of aliphatic hydroxyl groups excluding tert-OH is 1. The molecule has 0 saturated carbocycles. The lowest BCUT2D eigenvalue weighted by Crippen LogP contribution is -2.42. The van der Waals surface area contributed by atoms with Crippen molar-refractivity contribution in [2.45, 2.75) is 92.3 Å². The second-order valence-electron chi connectivity index (χ2n) is 12.4.